The summed E-state index contributed by atoms with van der Waals surface area (Å²) < 4.78 is 41.1. The van der Waals surface area contributed by atoms with Gasteiger partial charge in [0.05, 0.1) is 6.54 Å². The zero-order valence-corrected chi connectivity index (χ0v) is 12.1. The molecule has 1 atom stereocenters. The van der Waals surface area contributed by atoms with Crippen molar-refractivity contribution < 1.29 is 32.3 Å². The average Bonchev–Trinajstić information content (AvgIpc) is 2.92. The van der Waals surface area contributed by atoms with Crippen LogP contribution in [0.25, 0.3) is 0 Å². The van der Waals surface area contributed by atoms with Crippen LogP contribution >= 0.6 is 11.3 Å². The highest BCUT2D eigenvalue weighted by atomic mass is 32.1. The van der Waals surface area contributed by atoms with E-state index in [0.29, 0.717) is 5.01 Å². The van der Waals surface area contributed by atoms with Crippen molar-refractivity contribution in [2.75, 3.05) is 6.61 Å². The average molecular weight is 339 g/mol. The zero-order chi connectivity index (χ0) is 16.8. The summed E-state index contributed by atoms with van der Waals surface area (Å²) in [6.45, 7) is 0.298. The van der Waals surface area contributed by atoms with Crippen LogP contribution in [0.3, 0.4) is 0 Å². The molecule has 0 saturated heterocycles. The molecule has 2 amide bonds. The summed E-state index contributed by atoms with van der Waals surface area (Å²) in [4.78, 5) is 37.3. The van der Waals surface area contributed by atoms with Crippen molar-refractivity contribution >= 4 is 29.1 Å². The van der Waals surface area contributed by atoms with E-state index in [-0.39, 0.29) is 6.54 Å². The third-order valence-corrected chi connectivity index (χ3v) is 3.01. The molecule has 0 radical (unpaired) electrons. The minimum Gasteiger partial charge on any atom is -0.463 e. The van der Waals surface area contributed by atoms with E-state index in [1.807, 2.05) is 0 Å². The lowest BCUT2D eigenvalue weighted by atomic mass is 10.2. The van der Waals surface area contributed by atoms with Gasteiger partial charge in [0.1, 0.15) is 17.7 Å². The molecule has 1 rings (SSSR count). The molecule has 1 aromatic rings. The van der Waals surface area contributed by atoms with Gasteiger partial charge in [-0.3, -0.25) is 14.4 Å². The fraction of sp³-hybridized carbons (Fsp3) is 0.455. The summed E-state index contributed by atoms with van der Waals surface area (Å²) >= 11 is 1.23. The summed E-state index contributed by atoms with van der Waals surface area (Å²) in [5.74, 6) is -4.01. The molecular weight excluding hydrogens is 327 g/mol. The van der Waals surface area contributed by atoms with Crippen LogP contribution in [-0.4, -0.2) is 41.6 Å². The monoisotopic (exact) mass is 339 g/mol. The molecule has 7 nitrogen and oxygen atoms in total. The Kier molecular flexibility index (Phi) is 6.28. The van der Waals surface area contributed by atoms with Gasteiger partial charge in [0.2, 0.25) is 5.91 Å². The predicted molar refractivity (Wildman–Crippen MR) is 68.6 cm³/mol. The standard InChI is InChI=1S/C11H12F3N3O4S/c1-6(18)21-5-7(17-10(20)11(12,13)14)9(19)16-4-8-15-2-3-22-8/h2-3,7H,4-5H2,1H3,(H,16,19)(H,17,20)/t7-/m1/s1. The molecule has 1 heterocycles. The predicted octanol–water partition coefficient (Wildman–Crippen LogP) is 0.370. The molecule has 0 spiro atoms. The molecule has 122 valence electrons. The number of amides is 2. The van der Waals surface area contributed by atoms with Crippen LogP contribution in [0.2, 0.25) is 0 Å². The van der Waals surface area contributed by atoms with E-state index in [1.54, 1.807) is 5.38 Å². The summed E-state index contributed by atoms with van der Waals surface area (Å²) in [6.07, 6.45) is -3.65. The highest BCUT2D eigenvalue weighted by molar-refractivity contribution is 7.09. The highest BCUT2D eigenvalue weighted by Crippen LogP contribution is 2.14. The first-order valence-corrected chi connectivity index (χ1v) is 6.75. The maximum atomic E-state index is 12.2. The molecule has 0 saturated carbocycles. The first-order valence-electron chi connectivity index (χ1n) is 5.87. The molecule has 0 aliphatic carbocycles. The lowest BCUT2D eigenvalue weighted by molar-refractivity contribution is -0.175. The van der Waals surface area contributed by atoms with Crippen molar-refractivity contribution in [2.24, 2.45) is 0 Å². The van der Waals surface area contributed by atoms with Crippen molar-refractivity contribution in [3.05, 3.63) is 16.6 Å². The molecule has 0 bridgehead atoms. The Morgan fingerprint density at radius 3 is 2.59 bits per heavy atom. The molecule has 22 heavy (non-hydrogen) atoms. The van der Waals surface area contributed by atoms with Crippen molar-refractivity contribution in [3.63, 3.8) is 0 Å². The molecule has 0 unspecified atom stereocenters. The van der Waals surface area contributed by atoms with E-state index in [9.17, 15) is 27.6 Å². The molecule has 2 N–H and O–H groups in total. The van der Waals surface area contributed by atoms with Gasteiger partial charge in [0.25, 0.3) is 0 Å². The van der Waals surface area contributed by atoms with Gasteiger partial charge in [-0.25, -0.2) is 4.98 Å². The van der Waals surface area contributed by atoms with Gasteiger partial charge in [0, 0.05) is 18.5 Å². The Hall–Kier alpha value is -2.17. The van der Waals surface area contributed by atoms with Crippen LogP contribution in [0, 0.1) is 0 Å². The van der Waals surface area contributed by atoms with Crippen LogP contribution in [0.1, 0.15) is 11.9 Å². The van der Waals surface area contributed by atoms with Crippen LogP contribution in [0.5, 0.6) is 0 Å². The molecule has 0 aliphatic rings. The fourth-order valence-electron chi connectivity index (χ4n) is 1.25. The third-order valence-electron chi connectivity index (χ3n) is 2.23. The Labute approximate surface area is 126 Å². The van der Waals surface area contributed by atoms with Gasteiger partial charge >= 0.3 is 18.1 Å². The summed E-state index contributed by atoms with van der Waals surface area (Å²) in [7, 11) is 0. The van der Waals surface area contributed by atoms with Gasteiger partial charge in [-0.15, -0.1) is 11.3 Å². The quantitative estimate of drug-likeness (QED) is 0.730. The van der Waals surface area contributed by atoms with Gasteiger partial charge in [-0.2, -0.15) is 13.2 Å². The van der Waals surface area contributed by atoms with Gasteiger partial charge in [-0.1, -0.05) is 0 Å². The van der Waals surface area contributed by atoms with Crippen molar-refractivity contribution in [3.8, 4) is 0 Å². The van der Waals surface area contributed by atoms with E-state index >= 15 is 0 Å². The maximum Gasteiger partial charge on any atom is 0.471 e. The number of ether oxygens (including phenoxy) is 1. The second kappa shape index (κ2) is 7.73. The van der Waals surface area contributed by atoms with Crippen LogP contribution in [0.15, 0.2) is 11.6 Å². The number of hydrogen-bond donors (Lipinski definition) is 2. The lowest BCUT2D eigenvalue weighted by Crippen LogP contribution is -2.52. The number of nitrogens with zero attached hydrogens (tertiary/aromatic N) is 1. The minimum atomic E-state index is -5.15. The number of alkyl halides is 3. The fourth-order valence-corrected chi connectivity index (χ4v) is 1.81. The summed E-state index contributed by atoms with van der Waals surface area (Å²) in [5.41, 5.74) is 0. The van der Waals surface area contributed by atoms with E-state index in [2.05, 4.69) is 15.0 Å². The number of carbonyl (C=O) groups is 3. The van der Waals surface area contributed by atoms with E-state index < -0.39 is 36.6 Å². The number of rotatable bonds is 6. The van der Waals surface area contributed by atoms with Crippen molar-refractivity contribution in [1.82, 2.24) is 15.6 Å². The van der Waals surface area contributed by atoms with Gasteiger partial charge < -0.3 is 15.4 Å². The number of hydrogen-bond acceptors (Lipinski definition) is 6. The molecule has 0 aliphatic heterocycles. The zero-order valence-electron chi connectivity index (χ0n) is 11.3. The number of carbonyl (C=O) groups excluding carboxylic acids is 3. The Morgan fingerprint density at radius 2 is 2.09 bits per heavy atom. The van der Waals surface area contributed by atoms with Crippen LogP contribution in [-0.2, 0) is 25.7 Å². The molecule has 1 aromatic heterocycles. The minimum absolute atomic E-state index is 0.0189. The number of thiazole rings is 1. The molecule has 0 fully saturated rings. The lowest BCUT2D eigenvalue weighted by Gasteiger charge is -2.18. The molecule has 11 heteroatoms. The Morgan fingerprint density at radius 1 is 1.41 bits per heavy atom. The molecular formula is C11H12F3N3O4S. The van der Waals surface area contributed by atoms with Crippen LogP contribution in [0.4, 0.5) is 13.2 Å². The highest BCUT2D eigenvalue weighted by Gasteiger charge is 2.41. The number of nitrogens with one attached hydrogen (secondary N) is 2. The maximum absolute atomic E-state index is 12.2. The number of esters is 1. The van der Waals surface area contributed by atoms with E-state index in [4.69, 9.17) is 0 Å². The third kappa shape index (κ3) is 6.08. The topological polar surface area (TPSA) is 97.4 Å². The largest absolute Gasteiger partial charge is 0.471 e. The van der Waals surface area contributed by atoms with Gasteiger partial charge in [0.15, 0.2) is 0 Å². The number of halogens is 3. The smallest absolute Gasteiger partial charge is 0.463 e. The Bertz CT molecular complexity index is 533. The van der Waals surface area contributed by atoms with Crippen molar-refractivity contribution in [2.45, 2.75) is 25.7 Å². The van der Waals surface area contributed by atoms with E-state index in [0.717, 1.165) is 6.92 Å². The SMILES string of the molecule is CC(=O)OC[C@@H](NC(=O)C(F)(F)F)C(=O)NCc1nccs1. The first-order chi connectivity index (χ1) is 10.2. The number of aromatic nitrogens is 1. The Balaban J connectivity index is 2.64. The first kappa shape index (κ1) is 17.9. The second-order valence-corrected chi connectivity index (χ2v) is 4.95. The van der Waals surface area contributed by atoms with E-state index in [1.165, 1.54) is 22.9 Å². The molecule has 0 aromatic carbocycles. The second-order valence-electron chi connectivity index (χ2n) is 3.97. The summed E-state index contributed by atoms with van der Waals surface area (Å²) in [5, 5.41) is 5.96. The summed E-state index contributed by atoms with van der Waals surface area (Å²) in [6, 6.07) is -1.65. The normalized spacial score (nSPS) is 12.4. The van der Waals surface area contributed by atoms with Crippen molar-refractivity contribution in [1.29, 1.82) is 0 Å². The van der Waals surface area contributed by atoms with Crippen LogP contribution < -0.4 is 10.6 Å². The van der Waals surface area contributed by atoms with Gasteiger partial charge in [-0.05, 0) is 0 Å².